The molecule has 0 saturated heterocycles. The van der Waals surface area contributed by atoms with E-state index in [9.17, 15) is 0 Å². The second-order valence-electron chi connectivity index (χ2n) is 4.46. The Kier molecular flexibility index (Phi) is 4.07. The van der Waals surface area contributed by atoms with Crippen LogP contribution >= 0.6 is 0 Å². The Labute approximate surface area is 76.7 Å². The number of rotatable bonds is 5. The van der Waals surface area contributed by atoms with Crippen LogP contribution in [0.4, 0.5) is 0 Å². The maximum atomic E-state index is 6.05. The van der Waals surface area contributed by atoms with Gasteiger partial charge in [-0.3, -0.25) is 0 Å². The molecule has 72 valence electrons. The molecule has 1 aliphatic carbocycles. The van der Waals surface area contributed by atoms with Crippen LogP contribution in [0, 0.1) is 11.8 Å². The zero-order chi connectivity index (χ0) is 8.97. The van der Waals surface area contributed by atoms with Crippen molar-refractivity contribution in [2.45, 2.75) is 58.4 Å². The van der Waals surface area contributed by atoms with Crippen LogP contribution in [0.25, 0.3) is 0 Å². The Hall–Kier alpha value is -0.0400. The van der Waals surface area contributed by atoms with E-state index in [0.29, 0.717) is 6.04 Å². The van der Waals surface area contributed by atoms with Crippen LogP contribution in [0.5, 0.6) is 0 Å². The van der Waals surface area contributed by atoms with Gasteiger partial charge in [0, 0.05) is 6.04 Å². The van der Waals surface area contributed by atoms with E-state index in [4.69, 9.17) is 5.73 Å². The van der Waals surface area contributed by atoms with Crippen molar-refractivity contribution in [2.24, 2.45) is 17.6 Å². The van der Waals surface area contributed by atoms with Crippen molar-refractivity contribution in [3.8, 4) is 0 Å². The normalized spacial score (nSPS) is 23.2. The molecule has 0 aliphatic heterocycles. The zero-order valence-electron chi connectivity index (χ0n) is 8.55. The van der Waals surface area contributed by atoms with Crippen molar-refractivity contribution in [3.63, 3.8) is 0 Å². The van der Waals surface area contributed by atoms with Gasteiger partial charge < -0.3 is 5.73 Å². The molecule has 1 aliphatic rings. The minimum absolute atomic E-state index is 0.454. The van der Waals surface area contributed by atoms with E-state index in [0.717, 1.165) is 11.8 Å². The fraction of sp³-hybridized carbons (Fsp3) is 1.00. The molecule has 1 fully saturated rings. The highest BCUT2D eigenvalue weighted by molar-refractivity contribution is 4.76. The van der Waals surface area contributed by atoms with Gasteiger partial charge in [0.05, 0.1) is 0 Å². The lowest BCUT2D eigenvalue weighted by Gasteiger charge is -2.30. The van der Waals surface area contributed by atoms with Gasteiger partial charge in [-0.1, -0.05) is 39.5 Å². The van der Waals surface area contributed by atoms with Crippen LogP contribution in [-0.4, -0.2) is 6.04 Å². The molecule has 0 bridgehead atoms. The molecule has 0 radical (unpaired) electrons. The van der Waals surface area contributed by atoms with Crippen LogP contribution in [0.15, 0.2) is 0 Å². The summed E-state index contributed by atoms with van der Waals surface area (Å²) in [5.74, 6) is 1.76. The van der Waals surface area contributed by atoms with E-state index in [1.807, 2.05) is 0 Å². The lowest BCUT2D eigenvalue weighted by Crippen LogP contribution is -2.30. The lowest BCUT2D eigenvalue weighted by atomic mass is 9.77. The SMILES string of the molecule is CCCC(N)C(C)CC1CCC1. The number of nitrogens with two attached hydrogens (primary N) is 1. The Morgan fingerprint density at radius 3 is 2.50 bits per heavy atom. The molecule has 0 aromatic rings. The first-order valence-corrected chi connectivity index (χ1v) is 5.49. The second kappa shape index (κ2) is 4.86. The van der Waals surface area contributed by atoms with Gasteiger partial charge in [-0.15, -0.1) is 0 Å². The Bertz CT molecular complexity index is 118. The smallest absolute Gasteiger partial charge is 0.00645 e. The van der Waals surface area contributed by atoms with E-state index in [1.54, 1.807) is 0 Å². The van der Waals surface area contributed by atoms with E-state index in [2.05, 4.69) is 13.8 Å². The minimum atomic E-state index is 0.454. The van der Waals surface area contributed by atoms with Gasteiger partial charge in [0.15, 0.2) is 0 Å². The van der Waals surface area contributed by atoms with Gasteiger partial charge in [0.1, 0.15) is 0 Å². The topological polar surface area (TPSA) is 26.0 Å². The fourth-order valence-corrected chi connectivity index (χ4v) is 2.05. The molecule has 0 heterocycles. The summed E-state index contributed by atoms with van der Waals surface area (Å²) < 4.78 is 0. The standard InChI is InChI=1S/C11H23N/c1-3-5-11(12)9(2)8-10-6-4-7-10/h9-11H,3-8,12H2,1-2H3. The van der Waals surface area contributed by atoms with Crippen molar-refractivity contribution in [1.29, 1.82) is 0 Å². The average Bonchev–Trinajstić information content (AvgIpc) is 1.97. The Morgan fingerprint density at radius 2 is 2.08 bits per heavy atom. The average molecular weight is 169 g/mol. The van der Waals surface area contributed by atoms with Gasteiger partial charge in [-0.05, 0) is 24.7 Å². The molecule has 1 rings (SSSR count). The van der Waals surface area contributed by atoms with Crippen molar-refractivity contribution in [1.82, 2.24) is 0 Å². The zero-order valence-corrected chi connectivity index (χ0v) is 8.55. The first-order chi connectivity index (χ1) is 5.74. The molecule has 2 atom stereocenters. The summed E-state index contributed by atoms with van der Waals surface area (Å²) in [5.41, 5.74) is 6.05. The van der Waals surface area contributed by atoms with Crippen LogP contribution in [-0.2, 0) is 0 Å². The van der Waals surface area contributed by atoms with Crippen molar-refractivity contribution in [2.75, 3.05) is 0 Å². The third kappa shape index (κ3) is 2.78. The first kappa shape index (κ1) is 10.0. The van der Waals surface area contributed by atoms with Crippen LogP contribution in [0.2, 0.25) is 0 Å². The Balaban J connectivity index is 2.12. The highest BCUT2D eigenvalue weighted by Gasteiger charge is 2.22. The summed E-state index contributed by atoms with van der Waals surface area (Å²) in [7, 11) is 0. The second-order valence-corrected chi connectivity index (χ2v) is 4.46. The molecular formula is C11H23N. The molecule has 0 spiro atoms. The van der Waals surface area contributed by atoms with E-state index >= 15 is 0 Å². The fourth-order valence-electron chi connectivity index (χ4n) is 2.05. The summed E-state index contributed by atoms with van der Waals surface area (Å²) in [6, 6.07) is 0.454. The third-order valence-electron chi connectivity index (χ3n) is 3.28. The first-order valence-electron chi connectivity index (χ1n) is 5.49. The van der Waals surface area contributed by atoms with E-state index < -0.39 is 0 Å². The van der Waals surface area contributed by atoms with Gasteiger partial charge in [-0.2, -0.15) is 0 Å². The van der Waals surface area contributed by atoms with Crippen LogP contribution in [0.1, 0.15) is 52.4 Å². The van der Waals surface area contributed by atoms with Gasteiger partial charge in [0.25, 0.3) is 0 Å². The maximum Gasteiger partial charge on any atom is 0.00645 e. The predicted octanol–water partition coefficient (Wildman–Crippen LogP) is 2.94. The third-order valence-corrected chi connectivity index (χ3v) is 3.28. The molecule has 2 unspecified atom stereocenters. The van der Waals surface area contributed by atoms with Gasteiger partial charge in [-0.25, -0.2) is 0 Å². The van der Waals surface area contributed by atoms with Crippen LogP contribution < -0.4 is 5.73 Å². The summed E-state index contributed by atoms with van der Waals surface area (Å²) in [4.78, 5) is 0. The van der Waals surface area contributed by atoms with Gasteiger partial charge in [0.2, 0.25) is 0 Å². The maximum absolute atomic E-state index is 6.05. The highest BCUT2D eigenvalue weighted by Crippen LogP contribution is 2.33. The van der Waals surface area contributed by atoms with Crippen molar-refractivity contribution < 1.29 is 0 Å². The summed E-state index contributed by atoms with van der Waals surface area (Å²) >= 11 is 0. The molecule has 1 heteroatoms. The number of hydrogen-bond donors (Lipinski definition) is 1. The Morgan fingerprint density at radius 1 is 1.42 bits per heavy atom. The number of hydrogen-bond acceptors (Lipinski definition) is 1. The molecular weight excluding hydrogens is 146 g/mol. The largest absolute Gasteiger partial charge is 0.327 e. The molecule has 0 aromatic heterocycles. The van der Waals surface area contributed by atoms with Crippen molar-refractivity contribution in [3.05, 3.63) is 0 Å². The molecule has 1 nitrogen and oxygen atoms in total. The summed E-state index contributed by atoms with van der Waals surface area (Å²) in [6.07, 6.45) is 8.19. The monoisotopic (exact) mass is 169 g/mol. The van der Waals surface area contributed by atoms with E-state index in [-0.39, 0.29) is 0 Å². The molecule has 2 N–H and O–H groups in total. The predicted molar refractivity (Wildman–Crippen MR) is 54.0 cm³/mol. The summed E-state index contributed by atoms with van der Waals surface area (Å²) in [6.45, 7) is 4.54. The lowest BCUT2D eigenvalue weighted by molar-refractivity contribution is 0.236. The van der Waals surface area contributed by atoms with Crippen LogP contribution in [0.3, 0.4) is 0 Å². The highest BCUT2D eigenvalue weighted by atomic mass is 14.6. The molecule has 12 heavy (non-hydrogen) atoms. The van der Waals surface area contributed by atoms with Crippen molar-refractivity contribution >= 4 is 0 Å². The molecule has 0 aromatic carbocycles. The quantitative estimate of drug-likeness (QED) is 0.673. The molecule has 0 amide bonds. The van der Waals surface area contributed by atoms with E-state index in [1.165, 1.54) is 38.5 Å². The summed E-state index contributed by atoms with van der Waals surface area (Å²) in [5, 5.41) is 0. The minimum Gasteiger partial charge on any atom is -0.327 e. The molecule has 1 saturated carbocycles. The van der Waals surface area contributed by atoms with Gasteiger partial charge >= 0.3 is 0 Å².